The highest BCUT2D eigenvalue weighted by molar-refractivity contribution is 6.36. The van der Waals surface area contributed by atoms with Crippen molar-refractivity contribution in [2.75, 3.05) is 10.9 Å². The van der Waals surface area contributed by atoms with Crippen molar-refractivity contribution >= 4 is 34.6 Å². The molecule has 0 atom stereocenters. The molecule has 0 aliphatic carbocycles. The van der Waals surface area contributed by atoms with Crippen LogP contribution in [0.25, 0.3) is 0 Å². The van der Waals surface area contributed by atoms with Crippen LogP contribution in [0, 0.1) is 0 Å². The monoisotopic (exact) mass is 253 g/mol. The normalized spacial score (nSPS) is 9.88. The van der Waals surface area contributed by atoms with Crippen molar-refractivity contribution in [1.82, 2.24) is 4.98 Å². The SMILES string of the molecule is Clc1ccc(NNc2ccncc2)c(Cl)c1. The summed E-state index contributed by atoms with van der Waals surface area (Å²) in [6.07, 6.45) is 3.40. The first kappa shape index (κ1) is 11.0. The molecule has 1 aromatic carbocycles. The molecule has 0 amide bonds. The molecular weight excluding hydrogens is 245 g/mol. The molecule has 0 spiro atoms. The van der Waals surface area contributed by atoms with Gasteiger partial charge in [0.1, 0.15) is 0 Å². The summed E-state index contributed by atoms with van der Waals surface area (Å²) in [6, 6.07) is 8.94. The minimum atomic E-state index is 0.564. The second-order valence-corrected chi connectivity index (χ2v) is 3.95. The van der Waals surface area contributed by atoms with Crippen molar-refractivity contribution < 1.29 is 0 Å². The van der Waals surface area contributed by atoms with E-state index in [-0.39, 0.29) is 0 Å². The number of benzene rings is 1. The van der Waals surface area contributed by atoms with Gasteiger partial charge in [0.05, 0.1) is 16.4 Å². The largest absolute Gasteiger partial charge is 0.301 e. The van der Waals surface area contributed by atoms with E-state index in [9.17, 15) is 0 Å². The topological polar surface area (TPSA) is 37.0 Å². The third-order valence-electron chi connectivity index (χ3n) is 1.95. The summed E-state index contributed by atoms with van der Waals surface area (Å²) < 4.78 is 0. The molecule has 3 nitrogen and oxygen atoms in total. The number of hydrazine groups is 1. The van der Waals surface area contributed by atoms with Crippen LogP contribution < -0.4 is 10.9 Å². The zero-order valence-corrected chi connectivity index (χ0v) is 9.76. The number of hydrogen-bond acceptors (Lipinski definition) is 3. The summed E-state index contributed by atoms with van der Waals surface area (Å²) in [5.74, 6) is 0. The maximum atomic E-state index is 6.00. The highest BCUT2D eigenvalue weighted by Gasteiger charge is 1.99. The Balaban J connectivity index is 2.05. The van der Waals surface area contributed by atoms with Gasteiger partial charge in [-0.15, -0.1) is 0 Å². The molecule has 1 aromatic heterocycles. The predicted octanol–water partition coefficient (Wildman–Crippen LogP) is 3.83. The number of nitrogens with one attached hydrogen (secondary N) is 2. The lowest BCUT2D eigenvalue weighted by molar-refractivity contribution is 1.31. The summed E-state index contributed by atoms with van der Waals surface area (Å²) in [6.45, 7) is 0. The average Bonchev–Trinajstić information content (AvgIpc) is 2.29. The highest BCUT2D eigenvalue weighted by Crippen LogP contribution is 2.25. The van der Waals surface area contributed by atoms with E-state index in [1.165, 1.54) is 0 Å². The van der Waals surface area contributed by atoms with Crippen LogP contribution in [0.1, 0.15) is 0 Å². The van der Waals surface area contributed by atoms with Crippen molar-refractivity contribution in [1.29, 1.82) is 0 Å². The fourth-order valence-corrected chi connectivity index (χ4v) is 1.62. The van der Waals surface area contributed by atoms with Gasteiger partial charge in [-0.1, -0.05) is 23.2 Å². The first-order valence-corrected chi connectivity index (χ1v) is 5.38. The Bertz CT molecular complexity index is 474. The second kappa shape index (κ2) is 5.05. The van der Waals surface area contributed by atoms with E-state index >= 15 is 0 Å². The van der Waals surface area contributed by atoms with E-state index in [1.54, 1.807) is 30.6 Å². The van der Waals surface area contributed by atoms with Crippen LogP contribution in [-0.4, -0.2) is 4.98 Å². The first-order chi connectivity index (χ1) is 7.75. The lowest BCUT2D eigenvalue weighted by atomic mass is 10.3. The van der Waals surface area contributed by atoms with Crippen LogP contribution in [0.15, 0.2) is 42.7 Å². The second-order valence-electron chi connectivity index (χ2n) is 3.11. The van der Waals surface area contributed by atoms with Gasteiger partial charge >= 0.3 is 0 Å². The van der Waals surface area contributed by atoms with Crippen molar-refractivity contribution in [3.8, 4) is 0 Å². The van der Waals surface area contributed by atoms with Crippen molar-refractivity contribution in [2.45, 2.75) is 0 Å². The van der Waals surface area contributed by atoms with Gasteiger partial charge in [-0.2, -0.15) is 0 Å². The molecule has 2 aromatic rings. The number of anilines is 2. The fourth-order valence-electron chi connectivity index (χ4n) is 1.17. The van der Waals surface area contributed by atoms with Gasteiger partial charge in [0.2, 0.25) is 0 Å². The molecule has 16 heavy (non-hydrogen) atoms. The van der Waals surface area contributed by atoms with Crippen LogP contribution in [0.4, 0.5) is 11.4 Å². The molecule has 0 saturated heterocycles. The number of aromatic nitrogens is 1. The smallest absolute Gasteiger partial charge is 0.0727 e. The van der Waals surface area contributed by atoms with Crippen molar-refractivity contribution in [2.24, 2.45) is 0 Å². The molecule has 1 heterocycles. The molecule has 82 valence electrons. The van der Waals surface area contributed by atoms with Crippen LogP contribution in [0.5, 0.6) is 0 Å². The van der Waals surface area contributed by atoms with E-state index < -0.39 is 0 Å². The van der Waals surface area contributed by atoms with E-state index in [1.807, 2.05) is 12.1 Å². The fraction of sp³-hybridized carbons (Fsp3) is 0. The first-order valence-electron chi connectivity index (χ1n) is 4.63. The molecule has 0 saturated carbocycles. The summed E-state index contributed by atoms with van der Waals surface area (Å²) in [5.41, 5.74) is 7.66. The minimum absolute atomic E-state index is 0.564. The number of hydrogen-bond donors (Lipinski definition) is 2. The minimum Gasteiger partial charge on any atom is -0.301 e. The zero-order valence-electron chi connectivity index (χ0n) is 8.24. The van der Waals surface area contributed by atoms with Crippen LogP contribution in [0.3, 0.4) is 0 Å². The van der Waals surface area contributed by atoms with Gasteiger partial charge in [0, 0.05) is 17.4 Å². The molecule has 0 aliphatic rings. The maximum absolute atomic E-state index is 6.00. The van der Waals surface area contributed by atoms with Crippen LogP contribution in [0.2, 0.25) is 10.0 Å². The molecular formula is C11H9Cl2N3. The van der Waals surface area contributed by atoms with E-state index in [4.69, 9.17) is 23.2 Å². The number of rotatable bonds is 3. The third-order valence-corrected chi connectivity index (χ3v) is 2.50. The molecule has 2 N–H and O–H groups in total. The Kier molecular flexibility index (Phi) is 3.49. The summed E-state index contributed by atoms with van der Waals surface area (Å²) in [4.78, 5) is 3.92. The standard InChI is InChI=1S/C11H9Cl2N3/c12-8-1-2-11(10(13)7-8)16-15-9-3-5-14-6-4-9/h1-7,16H,(H,14,15). The third kappa shape index (κ3) is 2.78. The maximum Gasteiger partial charge on any atom is 0.0727 e. The van der Waals surface area contributed by atoms with E-state index in [0.29, 0.717) is 10.0 Å². The lowest BCUT2D eigenvalue weighted by Crippen LogP contribution is -2.08. The number of nitrogens with zero attached hydrogens (tertiary/aromatic N) is 1. The van der Waals surface area contributed by atoms with Crippen LogP contribution in [-0.2, 0) is 0 Å². The lowest BCUT2D eigenvalue weighted by Gasteiger charge is -2.10. The average molecular weight is 254 g/mol. The molecule has 0 bridgehead atoms. The predicted molar refractivity (Wildman–Crippen MR) is 67.9 cm³/mol. The molecule has 0 fully saturated rings. The van der Waals surface area contributed by atoms with Gasteiger partial charge in [-0.3, -0.25) is 10.4 Å². The molecule has 5 heteroatoms. The zero-order chi connectivity index (χ0) is 11.4. The van der Waals surface area contributed by atoms with Gasteiger partial charge in [0.25, 0.3) is 0 Å². The molecule has 0 aliphatic heterocycles. The van der Waals surface area contributed by atoms with Gasteiger partial charge < -0.3 is 5.43 Å². The van der Waals surface area contributed by atoms with Gasteiger partial charge in [-0.05, 0) is 30.3 Å². The van der Waals surface area contributed by atoms with Gasteiger partial charge in [0.15, 0.2) is 0 Å². The Labute approximate surface area is 103 Å². The highest BCUT2D eigenvalue weighted by atomic mass is 35.5. The quantitative estimate of drug-likeness (QED) is 0.817. The number of halogens is 2. The van der Waals surface area contributed by atoms with E-state index in [0.717, 1.165) is 11.4 Å². The summed E-state index contributed by atoms with van der Waals surface area (Å²) in [7, 11) is 0. The summed E-state index contributed by atoms with van der Waals surface area (Å²) in [5, 5.41) is 1.17. The van der Waals surface area contributed by atoms with Crippen molar-refractivity contribution in [3.05, 3.63) is 52.8 Å². The molecule has 2 rings (SSSR count). The molecule has 0 unspecified atom stereocenters. The Morgan fingerprint density at radius 2 is 1.69 bits per heavy atom. The molecule has 0 radical (unpaired) electrons. The van der Waals surface area contributed by atoms with Crippen molar-refractivity contribution in [3.63, 3.8) is 0 Å². The Hall–Kier alpha value is -1.45. The number of pyridine rings is 1. The Morgan fingerprint density at radius 1 is 0.938 bits per heavy atom. The van der Waals surface area contributed by atoms with Crippen LogP contribution >= 0.6 is 23.2 Å². The van der Waals surface area contributed by atoms with Gasteiger partial charge in [-0.25, -0.2) is 0 Å². The van der Waals surface area contributed by atoms with E-state index in [2.05, 4.69) is 15.8 Å². The Morgan fingerprint density at radius 3 is 2.38 bits per heavy atom. The summed E-state index contributed by atoms with van der Waals surface area (Å²) >= 11 is 11.8.